The molecule has 1 rings (SSSR count). The summed E-state index contributed by atoms with van der Waals surface area (Å²) in [6.45, 7) is 0.120. The lowest BCUT2D eigenvalue weighted by atomic mass is 10.3. The molecule has 0 unspecified atom stereocenters. The van der Waals surface area contributed by atoms with Crippen LogP contribution >= 0.6 is 0 Å². The van der Waals surface area contributed by atoms with Gasteiger partial charge in [0.2, 0.25) is 5.96 Å². The van der Waals surface area contributed by atoms with Gasteiger partial charge < -0.3 is 26.7 Å². The number of benzene rings is 1. The maximum absolute atomic E-state index is 5.52. The summed E-state index contributed by atoms with van der Waals surface area (Å²) in [4.78, 5) is 7.63. The van der Waals surface area contributed by atoms with Gasteiger partial charge in [-0.1, -0.05) is 12.1 Å². The molecule has 6 N–H and O–H groups in total. The standard InChI is InChI=1S/C10H15N5O2/c1-16-6-17-8-5-3-2-4-7(8)14-10(13)15-9(11)12/h2-5H,6H2,1H3,(H6,11,12,13,14,15). The fraction of sp³-hybridized carbons (Fsp3) is 0.200. The van der Waals surface area contributed by atoms with Gasteiger partial charge in [-0.3, -0.25) is 0 Å². The highest BCUT2D eigenvalue weighted by Gasteiger charge is 2.02. The number of aliphatic imine (C=N–C) groups is 2. The molecule has 0 aromatic heterocycles. The summed E-state index contributed by atoms with van der Waals surface area (Å²) in [7, 11) is 1.53. The second-order valence-corrected chi connectivity index (χ2v) is 3.03. The van der Waals surface area contributed by atoms with E-state index in [2.05, 4.69) is 9.98 Å². The molecule has 0 aliphatic rings. The summed E-state index contributed by atoms with van der Waals surface area (Å²) < 4.78 is 10.1. The van der Waals surface area contributed by atoms with E-state index >= 15 is 0 Å². The van der Waals surface area contributed by atoms with E-state index in [1.54, 1.807) is 24.3 Å². The van der Waals surface area contributed by atoms with Gasteiger partial charge in [0.25, 0.3) is 0 Å². The first kappa shape index (κ1) is 12.8. The van der Waals surface area contributed by atoms with E-state index in [9.17, 15) is 0 Å². The summed E-state index contributed by atoms with van der Waals surface area (Å²) in [6.07, 6.45) is 0. The molecule has 0 heterocycles. The van der Waals surface area contributed by atoms with E-state index in [4.69, 9.17) is 26.7 Å². The molecule has 0 spiro atoms. The summed E-state index contributed by atoms with van der Waals surface area (Å²) in [5.41, 5.74) is 16.4. The van der Waals surface area contributed by atoms with E-state index in [1.807, 2.05) is 0 Å². The Labute approximate surface area is 98.9 Å². The molecule has 1 aromatic rings. The minimum Gasteiger partial charge on any atom is -0.465 e. The van der Waals surface area contributed by atoms with Crippen LogP contribution in [0.2, 0.25) is 0 Å². The highest BCUT2D eigenvalue weighted by atomic mass is 16.7. The third-order valence-corrected chi connectivity index (χ3v) is 1.68. The van der Waals surface area contributed by atoms with Gasteiger partial charge >= 0.3 is 0 Å². The molecule has 7 nitrogen and oxygen atoms in total. The largest absolute Gasteiger partial charge is 0.465 e. The van der Waals surface area contributed by atoms with Gasteiger partial charge in [0.15, 0.2) is 12.8 Å². The van der Waals surface area contributed by atoms with Crippen molar-refractivity contribution in [1.82, 2.24) is 0 Å². The number of nitrogens with two attached hydrogens (primary N) is 3. The Balaban J connectivity index is 2.93. The van der Waals surface area contributed by atoms with Crippen LogP contribution in [0.3, 0.4) is 0 Å². The number of hydrogen-bond donors (Lipinski definition) is 3. The van der Waals surface area contributed by atoms with Crippen molar-refractivity contribution < 1.29 is 9.47 Å². The minimum absolute atomic E-state index is 0.0431. The number of nitrogens with zero attached hydrogens (tertiary/aromatic N) is 2. The Kier molecular flexibility index (Phi) is 4.77. The summed E-state index contributed by atoms with van der Waals surface area (Å²) in [5.74, 6) is 0.336. The minimum atomic E-state index is -0.151. The average Bonchev–Trinajstić information content (AvgIpc) is 2.26. The lowest BCUT2D eigenvalue weighted by Gasteiger charge is -2.07. The molecule has 0 aliphatic heterocycles. The molecule has 0 atom stereocenters. The van der Waals surface area contributed by atoms with Gasteiger partial charge in [0.1, 0.15) is 11.4 Å². The second-order valence-electron chi connectivity index (χ2n) is 3.03. The summed E-state index contributed by atoms with van der Waals surface area (Å²) in [5, 5.41) is 0. The van der Waals surface area contributed by atoms with Crippen LogP contribution in [0.4, 0.5) is 5.69 Å². The Hall–Kier alpha value is -2.28. The van der Waals surface area contributed by atoms with Crippen LogP contribution in [0.5, 0.6) is 5.75 Å². The average molecular weight is 237 g/mol. The third kappa shape index (κ3) is 4.39. The second kappa shape index (κ2) is 6.33. The van der Waals surface area contributed by atoms with E-state index in [-0.39, 0.29) is 18.7 Å². The summed E-state index contributed by atoms with van der Waals surface area (Å²) >= 11 is 0. The van der Waals surface area contributed by atoms with E-state index in [0.717, 1.165) is 0 Å². The SMILES string of the molecule is COCOc1ccccc1N=C(N)N=C(N)N. The Bertz CT molecular complexity index is 426. The van der Waals surface area contributed by atoms with Gasteiger partial charge in [-0.05, 0) is 12.1 Å². The maximum Gasteiger partial charge on any atom is 0.223 e. The van der Waals surface area contributed by atoms with E-state index < -0.39 is 0 Å². The van der Waals surface area contributed by atoms with Gasteiger partial charge in [0, 0.05) is 7.11 Å². The van der Waals surface area contributed by atoms with Gasteiger partial charge in [-0.15, -0.1) is 0 Å². The normalized spacial score (nSPS) is 11.0. The lowest BCUT2D eigenvalue weighted by molar-refractivity contribution is 0.0515. The fourth-order valence-corrected chi connectivity index (χ4v) is 1.07. The molecular weight excluding hydrogens is 222 g/mol. The van der Waals surface area contributed by atoms with Crippen LogP contribution in [-0.2, 0) is 4.74 Å². The fourth-order valence-electron chi connectivity index (χ4n) is 1.07. The zero-order chi connectivity index (χ0) is 12.7. The van der Waals surface area contributed by atoms with Crippen molar-refractivity contribution in [2.24, 2.45) is 27.2 Å². The Morgan fingerprint density at radius 1 is 1.24 bits per heavy atom. The zero-order valence-corrected chi connectivity index (χ0v) is 9.46. The van der Waals surface area contributed by atoms with Gasteiger partial charge in [-0.25, -0.2) is 4.99 Å². The van der Waals surface area contributed by atoms with Crippen molar-refractivity contribution in [3.8, 4) is 5.75 Å². The van der Waals surface area contributed by atoms with Crippen LogP contribution in [0.25, 0.3) is 0 Å². The molecule has 0 saturated heterocycles. The van der Waals surface area contributed by atoms with Gasteiger partial charge in [0.05, 0.1) is 0 Å². The number of rotatable bonds is 4. The number of ether oxygens (including phenoxy) is 2. The van der Waals surface area contributed by atoms with Crippen LogP contribution in [-0.4, -0.2) is 25.8 Å². The number of guanidine groups is 2. The Morgan fingerprint density at radius 3 is 2.59 bits per heavy atom. The van der Waals surface area contributed by atoms with Gasteiger partial charge in [-0.2, -0.15) is 4.99 Å². The molecule has 0 bridgehead atoms. The van der Waals surface area contributed by atoms with Crippen molar-refractivity contribution in [2.45, 2.75) is 0 Å². The van der Waals surface area contributed by atoms with Crippen LogP contribution in [0.1, 0.15) is 0 Å². The van der Waals surface area contributed by atoms with Crippen molar-refractivity contribution in [3.63, 3.8) is 0 Å². The van der Waals surface area contributed by atoms with Crippen molar-refractivity contribution in [3.05, 3.63) is 24.3 Å². The van der Waals surface area contributed by atoms with E-state index in [1.165, 1.54) is 7.11 Å². The Morgan fingerprint density at radius 2 is 1.94 bits per heavy atom. The predicted molar refractivity (Wildman–Crippen MR) is 66.0 cm³/mol. The topological polar surface area (TPSA) is 121 Å². The molecule has 0 aliphatic carbocycles. The first-order valence-electron chi connectivity index (χ1n) is 4.78. The highest BCUT2D eigenvalue weighted by molar-refractivity contribution is 5.93. The number of methoxy groups -OCH3 is 1. The van der Waals surface area contributed by atoms with Crippen molar-refractivity contribution in [2.75, 3.05) is 13.9 Å². The zero-order valence-electron chi connectivity index (χ0n) is 9.46. The molecule has 0 radical (unpaired) electrons. The quantitative estimate of drug-likeness (QED) is 0.383. The number of hydrogen-bond acceptors (Lipinski definition) is 3. The molecule has 0 fully saturated rings. The van der Waals surface area contributed by atoms with Crippen LogP contribution < -0.4 is 21.9 Å². The molecule has 17 heavy (non-hydrogen) atoms. The molecule has 92 valence electrons. The van der Waals surface area contributed by atoms with Crippen LogP contribution in [0.15, 0.2) is 34.3 Å². The van der Waals surface area contributed by atoms with Crippen LogP contribution in [0, 0.1) is 0 Å². The third-order valence-electron chi connectivity index (χ3n) is 1.68. The predicted octanol–water partition coefficient (Wildman–Crippen LogP) is -0.111. The summed E-state index contributed by atoms with van der Waals surface area (Å²) in [6, 6.07) is 7.06. The van der Waals surface area contributed by atoms with E-state index in [0.29, 0.717) is 11.4 Å². The molecular formula is C10H15N5O2. The lowest BCUT2D eigenvalue weighted by Crippen LogP contribution is -2.26. The number of para-hydroxylation sites is 2. The molecule has 1 aromatic carbocycles. The van der Waals surface area contributed by atoms with Crippen molar-refractivity contribution >= 4 is 17.6 Å². The monoisotopic (exact) mass is 237 g/mol. The maximum atomic E-state index is 5.52. The smallest absolute Gasteiger partial charge is 0.223 e. The molecule has 0 saturated carbocycles. The molecule has 0 amide bonds. The van der Waals surface area contributed by atoms with Crippen molar-refractivity contribution in [1.29, 1.82) is 0 Å². The first-order valence-corrected chi connectivity index (χ1v) is 4.78. The molecule has 7 heteroatoms. The first-order chi connectivity index (χ1) is 8.13. The highest BCUT2D eigenvalue weighted by Crippen LogP contribution is 2.26.